The highest BCUT2D eigenvalue weighted by Crippen LogP contribution is 2.26. The second kappa shape index (κ2) is 6.78. The molecule has 1 aliphatic rings. The Morgan fingerprint density at radius 2 is 2.12 bits per heavy atom. The Morgan fingerprint density at radius 3 is 2.88 bits per heavy atom. The molecule has 2 rings (SSSR count). The lowest BCUT2D eigenvalue weighted by molar-refractivity contribution is 0.0322. The Kier molecular flexibility index (Phi) is 5.34. The van der Waals surface area contributed by atoms with Crippen LogP contribution in [0.2, 0.25) is 5.02 Å². The zero-order chi connectivity index (χ0) is 12.1. The Labute approximate surface area is 120 Å². The minimum absolute atomic E-state index is 0.666. The van der Waals surface area contributed by atoms with Crippen molar-refractivity contribution in [3.63, 3.8) is 0 Å². The van der Waals surface area contributed by atoms with Crippen molar-refractivity contribution in [1.29, 1.82) is 0 Å². The summed E-state index contributed by atoms with van der Waals surface area (Å²) in [5, 5.41) is 0.674. The van der Waals surface area contributed by atoms with Crippen LogP contribution < -0.4 is 4.74 Å². The van der Waals surface area contributed by atoms with Crippen LogP contribution in [0.25, 0.3) is 0 Å². The molecule has 1 aromatic carbocycles. The molecule has 0 spiro atoms. The molecule has 1 fully saturated rings. The second-order valence-electron chi connectivity index (χ2n) is 3.88. The van der Waals surface area contributed by atoms with Gasteiger partial charge in [0.1, 0.15) is 12.4 Å². The topological polar surface area (TPSA) is 21.7 Å². The number of morpholine rings is 1. The first-order valence-corrected chi connectivity index (χ1v) is 7.09. The smallest absolute Gasteiger partial charge is 0.139 e. The van der Waals surface area contributed by atoms with Gasteiger partial charge in [-0.1, -0.05) is 11.6 Å². The lowest BCUT2D eigenvalue weighted by atomic mass is 10.3. The van der Waals surface area contributed by atoms with Gasteiger partial charge in [-0.25, -0.2) is 0 Å². The number of ether oxygens (including phenoxy) is 2. The average Bonchev–Trinajstić information content (AvgIpc) is 2.35. The van der Waals surface area contributed by atoms with Crippen LogP contribution in [0.1, 0.15) is 0 Å². The highest BCUT2D eigenvalue weighted by molar-refractivity contribution is 14.1. The molecule has 0 atom stereocenters. The van der Waals surface area contributed by atoms with Crippen molar-refractivity contribution in [3.05, 3.63) is 26.8 Å². The lowest BCUT2D eigenvalue weighted by Gasteiger charge is -2.26. The van der Waals surface area contributed by atoms with E-state index < -0.39 is 0 Å². The zero-order valence-electron chi connectivity index (χ0n) is 9.49. The molecule has 3 nitrogen and oxygen atoms in total. The Bertz CT molecular complexity index is 370. The van der Waals surface area contributed by atoms with Crippen LogP contribution in [0, 0.1) is 3.57 Å². The highest BCUT2D eigenvalue weighted by atomic mass is 127. The van der Waals surface area contributed by atoms with Gasteiger partial charge in [-0.05, 0) is 40.8 Å². The van der Waals surface area contributed by atoms with Crippen LogP contribution in [0.3, 0.4) is 0 Å². The minimum Gasteiger partial charge on any atom is -0.491 e. The van der Waals surface area contributed by atoms with Gasteiger partial charge in [0.2, 0.25) is 0 Å². The van der Waals surface area contributed by atoms with E-state index in [-0.39, 0.29) is 0 Å². The molecule has 1 aliphatic heterocycles. The van der Waals surface area contributed by atoms with Crippen molar-refractivity contribution in [1.82, 2.24) is 4.90 Å². The van der Waals surface area contributed by atoms with Gasteiger partial charge in [-0.15, -0.1) is 0 Å². The minimum atomic E-state index is 0.666. The maximum Gasteiger partial charge on any atom is 0.139 e. The summed E-state index contributed by atoms with van der Waals surface area (Å²) < 4.78 is 12.1. The van der Waals surface area contributed by atoms with E-state index in [1.54, 1.807) is 0 Å². The van der Waals surface area contributed by atoms with Gasteiger partial charge in [0.05, 0.1) is 18.2 Å². The number of rotatable bonds is 4. The summed E-state index contributed by atoms with van der Waals surface area (Å²) in [5.41, 5.74) is 0. The van der Waals surface area contributed by atoms with E-state index in [4.69, 9.17) is 21.1 Å². The first-order valence-electron chi connectivity index (χ1n) is 5.63. The van der Waals surface area contributed by atoms with Crippen molar-refractivity contribution >= 4 is 34.2 Å². The van der Waals surface area contributed by atoms with Gasteiger partial charge >= 0.3 is 0 Å². The Hall–Kier alpha value is -0.0400. The standard InChI is InChI=1S/C12H15ClINO2/c13-11-2-1-10(14)9-12(11)17-8-5-15-3-6-16-7-4-15/h1-2,9H,3-8H2. The molecule has 1 aromatic rings. The van der Waals surface area contributed by atoms with Crippen LogP contribution in [0.15, 0.2) is 18.2 Å². The van der Waals surface area contributed by atoms with E-state index in [2.05, 4.69) is 27.5 Å². The molecular formula is C12H15ClINO2. The van der Waals surface area contributed by atoms with E-state index >= 15 is 0 Å². The molecule has 0 amide bonds. The van der Waals surface area contributed by atoms with E-state index in [0.717, 1.165) is 42.2 Å². The molecule has 0 N–H and O–H groups in total. The highest BCUT2D eigenvalue weighted by Gasteiger charge is 2.10. The number of hydrogen-bond acceptors (Lipinski definition) is 3. The van der Waals surface area contributed by atoms with Crippen molar-refractivity contribution in [2.75, 3.05) is 39.5 Å². The van der Waals surface area contributed by atoms with E-state index in [9.17, 15) is 0 Å². The SMILES string of the molecule is Clc1ccc(I)cc1OCCN1CCOCC1. The molecule has 0 unspecified atom stereocenters. The van der Waals surface area contributed by atoms with Gasteiger partial charge in [-0.2, -0.15) is 0 Å². The van der Waals surface area contributed by atoms with Gasteiger partial charge < -0.3 is 9.47 Å². The third-order valence-electron chi connectivity index (χ3n) is 2.66. The summed E-state index contributed by atoms with van der Waals surface area (Å²) in [6.45, 7) is 5.21. The predicted octanol–water partition coefficient (Wildman–Crippen LogP) is 2.66. The molecule has 0 bridgehead atoms. The Balaban J connectivity index is 1.79. The summed E-state index contributed by atoms with van der Waals surface area (Å²) in [5.74, 6) is 0.770. The third kappa shape index (κ3) is 4.28. The van der Waals surface area contributed by atoms with Crippen LogP contribution in [0.5, 0.6) is 5.75 Å². The van der Waals surface area contributed by atoms with Crippen molar-refractivity contribution in [3.8, 4) is 5.75 Å². The van der Waals surface area contributed by atoms with Crippen molar-refractivity contribution in [2.45, 2.75) is 0 Å². The molecule has 0 aromatic heterocycles. The lowest BCUT2D eigenvalue weighted by Crippen LogP contribution is -2.38. The normalized spacial score (nSPS) is 17.1. The summed E-state index contributed by atoms with van der Waals surface area (Å²) in [6.07, 6.45) is 0. The van der Waals surface area contributed by atoms with Gasteiger partial charge in [0.15, 0.2) is 0 Å². The first-order chi connectivity index (χ1) is 8.25. The quantitative estimate of drug-likeness (QED) is 0.764. The van der Waals surface area contributed by atoms with Crippen LogP contribution in [-0.2, 0) is 4.74 Å². The monoisotopic (exact) mass is 367 g/mol. The van der Waals surface area contributed by atoms with E-state index in [1.807, 2.05) is 18.2 Å². The maximum atomic E-state index is 6.06. The average molecular weight is 368 g/mol. The molecule has 17 heavy (non-hydrogen) atoms. The van der Waals surface area contributed by atoms with Crippen LogP contribution in [0.4, 0.5) is 0 Å². The van der Waals surface area contributed by atoms with Crippen LogP contribution >= 0.6 is 34.2 Å². The van der Waals surface area contributed by atoms with Gasteiger partial charge in [0.25, 0.3) is 0 Å². The largest absolute Gasteiger partial charge is 0.491 e. The molecule has 94 valence electrons. The molecular weight excluding hydrogens is 352 g/mol. The number of halogens is 2. The summed E-state index contributed by atoms with van der Waals surface area (Å²) in [6, 6.07) is 5.80. The van der Waals surface area contributed by atoms with E-state index in [0.29, 0.717) is 11.6 Å². The molecule has 5 heteroatoms. The van der Waals surface area contributed by atoms with Gasteiger partial charge in [-0.3, -0.25) is 4.90 Å². The summed E-state index contributed by atoms with van der Waals surface area (Å²) >= 11 is 8.31. The van der Waals surface area contributed by atoms with E-state index in [1.165, 1.54) is 0 Å². The molecule has 0 saturated carbocycles. The predicted molar refractivity (Wildman–Crippen MR) is 76.9 cm³/mol. The first kappa shape index (κ1) is 13.4. The van der Waals surface area contributed by atoms with Crippen molar-refractivity contribution in [2.24, 2.45) is 0 Å². The van der Waals surface area contributed by atoms with Crippen molar-refractivity contribution < 1.29 is 9.47 Å². The summed E-state index contributed by atoms with van der Waals surface area (Å²) in [7, 11) is 0. The fraction of sp³-hybridized carbons (Fsp3) is 0.500. The Morgan fingerprint density at radius 1 is 1.35 bits per heavy atom. The fourth-order valence-electron chi connectivity index (χ4n) is 1.70. The number of benzene rings is 1. The van der Waals surface area contributed by atoms with Gasteiger partial charge in [0, 0.05) is 23.2 Å². The third-order valence-corrected chi connectivity index (χ3v) is 3.65. The molecule has 0 aliphatic carbocycles. The molecule has 0 radical (unpaired) electrons. The molecule has 1 heterocycles. The second-order valence-corrected chi connectivity index (χ2v) is 5.53. The fourth-order valence-corrected chi connectivity index (χ4v) is 2.33. The zero-order valence-corrected chi connectivity index (χ0v) is 12.4. The maximum absolute atomic E-state index is 6.06. The number of nitrogens with zero attached hydrogens (tertiary/aromatic N) is 1. The van der Waals surface area contributed by atoms with Crippen LogP contribution in [-0.4, -0.2) is 44.4 Å². The molecule has 1 saturated heterocycles. The number of hydrogen-bond donors (Lipinski definition) is 0. The summed E-state index contributed by atoms with van der Waals surface area (Å²) in [4.78, 5) is 2.34.